The molecule has 0 aromatic carbocycles. The van der Waals surface area contributed by atoms with Gasteiger partial charge in [-0.3, -0.25) is 0 Å². The maximum absolute atomic E-state index is 10.9. The largest absolute Gasteiger partial charge is 0.478 e. The van der Waals surface area contributed by atoms with E-state index < -0.39 is 5.97 Å². The minimum atomic E-state index is -0.926. The number of nitrogens with zero attached hydrogens (tertiary/aromatic N) is 2. The normalized spacial score (nSPS) is 15.7. The summed E-state index contributed by atoms with van der Waals surface area (Å²) in [5.74, 6) is -0.169. The standard InChI is InChI=1S/C10H11BrN2O2/c11-8-6-12-9(5-7(8)10(14)15)13-3-1-2-4-13/h5-6H,1-4H2,(H,14,15). The zero-order chi connectivity index (χ0) is 10.8. The summed E-state index contributed by atoms with van der Waals surface area (Å²) in [6, 6.07) is 1.62. The lowest BCUT2D eigenvalue weighted by Gasteiger charge is -2.16. The van der Waals surface area contributed by atoms with Gasteiger partial charge >= 0.3 is 5.97 Å². The van der Waals surface area contributed by atoms with Crippen LogP contribution >= 0.6 is 15.9 Å². The van der Waals surface area contributed by atoms with Crippen molar-refractivity contribution in [1.29, 1.82) is 0 Å². The second-order valence-corrected chi connectivity index (χ2v) is 4.38. The van der Waals surface area contributed by atoms with Gasteiger partial charge in [0.25, 0.3) is 0 Å². The summed E-state index contributed by atoms with van der Waals surface area (Å²) in [5, 5.41) is 8.96. The number of aromatic carboxylic acids is 1. The van der Waals surface area contributed by atoms with E-state index in [9.17, 15) is 4.79 Å². The summed E-state index contributed by atoms with van der Waals surface area (Å²) >= 11 is 3.18. The fraction of sp³-hybridized carbons (Fsp3) is 0.400. The second kappa shape index (κ2) is 4.18. The molecule has 0 aliphatic carbocycles. The van der Waals surface area contributed by atoms with E-state index in [1.807, 2.05) is 0 Å². The van der Waals surface area contributed by atoms with E-state index in [-0.39, 0.29) is 5.56 Å². The molecule has 0 radical (unpaired) electrons. The molecule has 1 saturated heterocycles. The van der Waals surface area contributed by atoms with Gasteiger partial charge in [0.1, 0.15) is 5.82 Å². The molecule has 1 aliphatic rings. The highest BCUT2D eigenvalue weighted by atomic mass is 79.9. The van der Waals surface area contributed by atoms with Gasteiger partial charge in [-0.25, -0.2) is 9.78 Å². The van der Waals surface area contributed by atoms with Gasteiger partial charge < -0.3 is 10.0 Å². The third kappa shape index (κ3) is 2.12. The Morgan fingerprint density at radius 3 is 2.73 bits per heavy atom. The van der Waals surface area contributed by atoms with Gasteiger partial charge in [0.15, 0.2) is 0 Å². The quantitative estimate of drug-likeness (QED) is 0.895. The Hall–Kier alpha value is -1.10. The first kappa shape index (κ1) is 10.4. The summed E-state index contributed by atoms with van der Waals surface area (Å²) in [6.45, 7) is 1.93. The smallest absolute Gasteiger partial charge is 0.337 e. The highest BCUT2D eigenvalue weighted by Gasteiger charge is 2.16. The van der Waals surface area contributed by atoms with Crippen molar-refractivity contribution in [3.8, 4) is 0 Å². The average Bonchev–Trinajstić information content (AvgIpc) is 2.71. The summed E-state index contributed by atoms with van der Waals surface area (Å²) in [5.41, 5.74) is 0.270. The Bertz CT molecular complexity index is 389. The van der Waals surface area contributed by atoms with Crippen molar-refractivity contribution in [2.75, 3.05) is 18.0 Å². The number of anilines is 1. The van der Waals surface area contributed by atoms with Gasteiger partial charge in [-0.2, -0.15) is 0 Å². The molecule has 2 rings (SSSR count). The Labute approximate surface area is 96.1 Å². The van der Waals surface area contributed by atoms with Crippen LogP contribution in [0.3, 0.4) is 0 Å². The molecule has 0 atom stereocenters. The van der Waals surface area contributed by atoms with Crippen LogP contribution < -0.4 is 4.90 Å². The van der Waals surface area contributed by atoms with Gasteiger partial charge in [0, 0.05) is 19.3 Å². The molecule has 0 amide bonds. The van der Waals surface area contributed by atoms with Gasteiger partial charge in [-0.15, -0.1) is 0 Å². The first-order valence-corrected chi connectivity index (χ1v) is 5.61. The fourth-order valence-electron chi connectivity index (χ4n) is 1.71. The average molecular weight is 271 g/mol. The maximum Gasteiger partial charge on any atom is 0.337 e. The molecule has 0 unspecified atom stereocenters. The van der Waals surface area contributed by atoms with E-state index in [1.54, 1.807) is 12.3 Å². The van der Waals surface area contributed by atoms with E-state index in [0.29, 0.717) is 4.47 Å². The molecule has 80 valence electrons. The van der Waals surface area contributed by atoms with Crippen molar-refractivity contribution >= 4 is 27.7 Å². The van der Waals surface area contributed by atoms with Crippen molar-refractivity contribution < 1.29 is 9.90 Å². The summed E-state index contributed by atoms with van der Waals surface area (Å²) in [7, 11) is 0. The summed E-state index contributed by atoms with van der Waals surface area (Å²) in [4.78, 5) is 17.2. The fourth-order valence-corrected chi connectivity index (χ4v) is 2.10. The van der Waals surface area contributed by atoms with Gasteiger partial charge in [-0.05, 0) is 34.8 Å². The molecule has 1 aliphatic heterocycles. The van der Waals surface area contributed by atoms with Crippen LogP contribution in [0.15, 0.2) is 16.7 Å². The number of carboxylic acids is 1. The van der Waals surface area contributed by atoms with E-state index in [2.05, 4.69) is 25.8 Å². The van der Waals surface area contributed by atoms with Crippen molar-refractivity contribution in [3.63, 3.8) is 0 Å². The number of carboxylic acid groups (broad SMARTS) is 1. The number of hydrogen-bond donors (Lipinski definition) is 1. The molecule has 0 saturated carbocycles. The third-order valence-electron chi connectivity index (χ3n) is 2.50. The van der Waals surface area contributed by atoms with Crippen molar-refractivity contribution in [2.45, 2.75) is 12.8 Å². The van der Waals surface area contributed by atoms with Crippen LogP contribution in [0.25, 0.3) is 0 Å². The predicted octanol–water partition coefficient (Wildman–Crippen LogP) is 2.14. The van der Waals surface area contributed by atoms with Gasteiger partial charge in [-0.1, -0.05) is 0 Å². The highest BCUT2D eigenvalue weighted by molar-refractivity contribution is 9.10. The second-order valence-electron chi connectivity index (χ2n) is 3.52. The minimum Gasteiger partial charge on any atom is -0.478 e. The number of carbonyl (C=O) groups is 1. The summed E-state index contributed by atoms with van der Waals surface area (Å²) in [6.07, 6.45) is 3.86. The first-order chi connectivity index (χ1) is 7.18. The predicted molar refractivity (Wildman–Crippen MR) is 60.3 cm³/mol. The molecule has 15 heavy (non-hydrogen) atoms. The Balaban J connectivity index is 2.33. The molecule has 1 aromatic rings. The molecule has 4 nitrogen and oxygen atoms in total. The van der Waals surface area contributed by atoms with Crippen molar-refractivity contribution in [3.05, 3.63) is 22.3 Å². The molecule has 0 bridgehead atoms. The Morgan fingerprint density at radius 2 is 2.13 bits per heavy atom. The van der Waals surface area contributed by atoms with E-state index in [4.69, 9.17) is 5.11 Å². The zero-order valence-corrected chi connectivity index (χ0v) is 9.70. The molecule has 2 heterocycles. The lowest BCUT2D eigenvalue weighted by Crippen LogP contribution is -2.19. The Morgan fingerprint density at radius 1 is 1.47 bits per heavy atom. The number of rotatable bonds is 2. The molecule has 1 aromatic heterocycles. The van der Waals surface area contributed by atoms with Crippen LogP contribution in [0, 0.1) is 0 Å². The van der Waals surface area contributed by atoms with E-state index in [0.717, 1.165) is 31.7 Å². The van der Waals surface area contributed by atoms with Crippen LogP contribution in [0.1, 0.15) is 23.2 Å². The Kier molecular flexibility index (Phi) is 2.90. The zero-order valence-electron chi connectivity index (χ0n) is 8.11. The highest BCUT2D eigenvalue weighted by Crippen LogP contribution is 2.23. The van der Waals surface area contributed by atoms with Crippen LogP contribution in [-0.2, 0) is 0 Å². The lowest BCUT2D eigenvalue weighted by molar-refractivity contribution is 0.0696. The third-order valence-corrected chi connectivity index (χ3v) is 3.13. The SMILES string of the molecule is O=C(O)c1cc(N2CCCC2)ncc1Br. The van der Waals surface area contributed by atoms with E-state index >= 15 is 0 Å². The topological polar surface area (TPSA) is 53.4 Å². The monoisotopic (exact) mass is 270 g/mol. The minimum absolute atomic E-state index is 0.270. The van der Waals surface area contributed by atoms with Crippen LogP contribution in [-0.4, -0.2) is 29.1 Å². The molecule has 1 fully saturated rings. The van der Waals surface area contributed by atoms with Crippen molar-refractivity contribution in [2.24, 2.45) is 0 Å². The molecule has 5 heteroatoms. The first-order valence-electron chi connectivity index (χ1n) is 4.82. The number of pyridine rings is 1. The van der Waals surface area contributed by atoms with Crippen LogP contribution in [0.2, 0.25) is 0 Å². The number of halogens is 1. The van der Waals surface area contributed by atoms with Crippen LogP contribution in [0.4, 0.5) is 5.82 Å². The van der Waals surface area contributed by atoms with Crippen molar-refractivity contribution in [1.82, 2.24) is 4.98 Å². The molecule has 0 spiro atoms. The molecule has 1 N–H and O–H groups in total. The summed E-state index contributed by atoms with van der Waals surface area (Å²) < 4.78 is 0.526. The molecular weight excluding hydrogens is 260 g/mol. The molecular formula is C10H11BrN2O2. The van der Waals surface area contributed by atoms with Gasteiger partial charge in [0.2, 0.25) is 0 Å². The number of hydrogen-bond acceptors (Lipinski definition) is 3. The maximum atomic E-state index is 10.9. The lowest BCUT2D eigenvalue weighted by atomic mass is 10.2. The van der Waals surface area contributed by atoms with Gasteiger partial charge in [0.05, 0.1) is 10.0 Å². The number of aromatic nitrogens is 1. The van der Waals surface area contributed by atoms with E-state index in [1.165, 1.54) is 0 Å². The van der Waals surface area contributed by atoms with Crippen LogP contribution in [0.5, 0.6) is 0 Å².